The fourth-order valence-corrected chi connectivity index (χ4v) is 2.07. The Labute approximate surface area is 84.5 Å². The Balaban J connectivity index is 2.48. The van der Waals surface area contributed by atoms with Gasteiger partial charge in [-0.05, 0) is 25.5 Å². The smallest absolute Gasteiger partial charge is 0.130 e. The second-order valence-electron chi connectivity index (χ2n) is 4.48. The van der Waals surface area contributed by atoms with Crippen molar-refractivity contribution < 1.29 is 9.84 Å². The van der Waals surface area contributed by atoms with Gasteiger partial charge in [0.25, 0.3) is 0 Å². The molecule has 2 rings (SSSR count). The highest BCUT2D eigenvalue weighted by Gasteiger charge is 2.40. The molecule has 0 saturated carbocycles. The zero-order valence-corrected chi connectivity index (χ0v) is 8.82. The largest absolute Gasteiger partial charge is 0.485 e. The van der Waals surface area contributed by atoms with Gasteiger partial charge in [0.1, 0.15) is 11.4 Å². The van der Waals surface area contributed by atoms with E-state index in [0.717, 1.165) is 11.3 Å². The molecule has 1 aliphatic heterocycles. The molecule has 0 aromatic heterocycles. The molecule has 0 spiro atoms. The van der Waals surface area contributed by atoms with Crippen molar-refractivity contribution in [2.24, 2.45) is 0 Å². The van der Waals surface area contributed by atoms with Gasteiger partial charge in [-0.15, -0.1) is 0 Å². The highest BCUT2D eigenvalue weighted by atomic mass is 16.5. The van der Waals surface area contributed by atoms with Crippen molar-refractivity contribution in [1.82, 2.24) is 0 Å². The van der Waals surface area contributed by atoms with E-state index in [1.165, 1.54) is 0 Å². The number of para-hydroxylation sites is 1. The van der Waals surface area contributed by atoms with Crippen LogP contribution in [0.1, 0.15) is 32.3 Å². The van der Waals surface area contributed by atoms with Crippen LogP contribution in [0.4, 0.5) is 0 Å². The quantitative estimate of drug-likeness (QED) is 0.683. The molecule has 1 aliphatic rings. The van der Waals surface area contributed by atoms with Gasteiger partial charge in [-0.3, -0.25) is 0 Å². The topological polar surface area (TPSA) is 29.5 Å². The lowest BCUT2D eigenvalue weighted by molar-refractivity contribution is -0.0549. The summed E-state index contributed by atoms with van der Waals surface area (Å²) in [6, 6.07) is 7.90. The SMILES string of the molecule is C[C@@H]1c2ccccc2OC(C)(C)[C@H]1O. The van der Waals surface area contributed by atoms with Crippen LogP contribution in [0.2, 0.25) is 0 Å². The van der Waals surface area contributed by atoms with E-state index in [1.807, 2.05) is 45.0 Å². The van der Waals surface area contributed by atoms with Gasteiger partial charge in [-0.25, -0.2) is 0 Å². The van der Waals surface area contributed by atoms with E-state index >= 15 is 0 Å². The molecule has 1 aromatic carbocycles. The Hall–Kier alpha value is -1.02. The molecule has 0 radical (unpaired) electrons. The highest BCUT2D eigenvalue weighted by Crippen LogP contribution is 2.40. The van der Waals surface area contributed by atoms with Crippen LogP contribution in [-0.4, -0.2) is 16.8 Å². The summed E-state index contributed by atoms with van der Waals surface area (Å²) >= 11 is 0. The third kappa shape index (κ3) is 1.30. The third-order valence-electron chi connectivity index (χ3n) is 2.97. The molecule has 0 bridgehead atoms. The first-order chi connectivity index (χ1) is 6.52. The normalized spacial score (nSPS) is 29.1. The fourth-order valence-electron chi connectivity index (χ4n) is 2.07. The number of hydrogen-bond donors (Lipinski definition) is 1. The number of aliphatic hydroxyl groups is 1. The molecule has 1 aromatic rings. The highest BCUT2D eigenvalue weighted by molar-refractivity contribution is 5.39. The standard InChI is InChI=1S/C12H16O2/c1-8-9-6-4-5-7-10(9)14-12(2,3)11(8)13/h4-8,11,13H,1-3H3/t8-,11+/m1/s1. The summed E-state index contributed by atoms with van der Waals surface area (Å²) < 4.78 is 5.75. The third-order valence-corrected chi connectivity index (χ3v) is 2.97. The molecule has 1 heterocycles. The van der Waals surface area contributed by atoms with E-state index in [0.29, 0.717) is 0 Å². The first-order valence-corrected chi connectivity index (χ1v) is 4.98. The lowest BCUT2D eigenvalue weighted by atomic mass is 9.83. The van der Waals surface area contributed by atoms with Gasteiger partial charge in [-0.1, -0.05) is 25.1 Å². The van der Waals surface area contributed by atoms with E-state index < -0.39 is 11.7 Å². The van der Waals surface area contributed by atoms with Crippen molar-refractivity contribution in [3.8, 4) is 5.75 Å². The zero-order valence-electron chi connectivity index (χ0n) is 8.82. The van der Waals surface area contributed by atoms with Crippen molar-refractivity contribution in [1.29, 1.82) is 0 Å². The molecule has 0 amide bonds. The summed E-state index contributed by atoms with van der Waals surface area (Å²) in [6.07, 6.45) is -0.447. The van der Waals surface area contributed by atoms with Gasteiger partial charge in [0.2, 0.25) is 0 Å². The summed E-state index contributed by atoms with van der Waals surface area (Å²) in [5.74, 6) is 1.03. The Morgan fingerprint density at radius 1 is 1.29 bits per heavy atom. The van der Waals surface area contributed by atoms with Crippen LogP contribution in [0, 0.1) is 0 Å². The van der Waals surface area contributed by atoms with Crippen LogP contribution in [0.15, 0.2) is 24.3 Å². The average Bonchev–Trinajstić information content (AvgIpc) is 2.14. The first-order valence-electron chi connectivity index (χ1n) is 4.98. The Morgan fingerprint density at radius 3 is 2.64 bits per heavy atom. The summed E-state index contributed by atoms with van der Waals surface area (Å²) in [5.41, 5.74) is 0.604. The maximum absolute atomic E-state index is 10.0. The van der Waals surface area contributed by atoms with Gasteiger partial charge in [0.05, 0.1) is 6.10 Å². The van der Waals surface area contributed by atoms with E-state index in [-0.39, 0.29) is 5.92 Å². The van der Waals surface area contributed by atoms with Gasteiger partial charge < -0.3 is 9.84 Å². The minimum Gasteiger partial charge on any atom is -0.485 e. The molecule has 14 heavy (non-hydrogen) atoms. The Bertz CT molecular complexity index is 344. The van der Waals surface area contributed by atoms with Crippen molar-refractivity contribution in [2.75, 3.05) is 0 Å². The molecule has 0 fully saturated rings. The van der Waals surface area contributed by atoms with E-state index in [2.05, 4.69) is 0 Å². The van der Waals surface area contributed by atoms with Crippen LogP contribution in [0.3, 0.4) is 0 Å². The second kappa shape index (κ2) is 2.99. The number of rotatable bonds is 0. The number of fused-ring (bicyclic) bond motifs is 1. The van der Waals surface area contributed by atoms with Crippen LogP contribution in [-0.2, 0) is 0 Å². The lowest BCUT2D eigenvalue weighted by Crippen LogP contribution is -2.47. The molecule has 2 atom stereocenters. The Morgan fingerprint density at radius 2 is 1.93 bits per heavy atom. The van der Waals surface area contributed by atoms with Crippen LogP contribution in [0.25, 0.3) is 0 Å². The number of hydrogen-bond acceptors (Lipinski definition) is 2. The van der Waals surface area contributed by atoms with E-state index in [4.69, 9.17) is 4.74 Å². The number of aliphatic hydroxyl groups excluding tert-OH is 1. The van der Waals surface area contributed by atoms with Gasteiger partial charge in [0, 0.05) is 5.92 Å². The molecule has 0 aliphatic carbocycles. The lowest BCUT2D eigenvalue weighted by Gasteiger charge is -2.40. The zero-order chi connectivity index (χ0) is 10.3. The molecular formula is C12H16O2. The van der Waals surface area contributed by atoms with E-state index in [9.17, 15) is 5.11 Å². The van der Waals surface area contributed by atoms with Crippen LogP contribution in [0.5, 0.6) is 5.75 Å². The number of ether oxygens (including phenoxy) is 1. The van der Waals surface area contributed by atoms with Crippen LogP contribution < -0.4 is 4.74 Å². The molecule has 2 heteroatoms. The molecular weight excluding hydrogens is 176 g/mol. The van der Waals surface area contributed by atoms with E-state index in [1.54, 1.807) is 0 Å². The van der Waals surface area contributed by atoms with Gasteiger partial charge >= 0.3 is 0 Å². The first kappa shape index (κ1) is 9.53. The molecule has 2 nitrogen and oxygen atoms in total. The maximum Gasteiger partial charge on any atom is 0.130 e. The van der Waals surface area contributed by atoms with Crippen LogP contribution >= 0.6 is 0 Å². The predicted molar refractivity (Wildman–Crippen MR) is 55.6 cm³/mol. The van der Waals surface area contributed by atoms with Crippen molar-refractivity contribution in [2.45, 2.75) is 38.4 Å². The molecule has 76 valence electrons. The summed E-state index contributed by atoms with van der Waals surface area (Å²) in [6.45, 7) is 5.88. The maximum atomic E-state index is 10.0. The van der Waals surface area contributed by atoms with Gasteiger partial charge in [0.15, 0.2) is 0 Å². The molecule has 1 N–H and O–H groups in total. The average molecular weight is 192 g/mol. The molecule has 0 saturated heterocycles. The minimum atomic E-state index is -0.492. The summed E-state index contributed by atoms with van der Waals surface area (Å²) in [4.78, 5) is 0. The van der Waals surface area contributed by atoms with Crippen molar-refractivity contribution in [3.05, 3.63) is 29.8 Å². The van der Waals surface area contributed by atoms with Crippen molar-refractivity contribution in [3.63, 3.8) is 0 Å². The van der Waals surface area contributed by atoms with Crippen molar-refractivity contribution >= 4 is 0 Å². The fraction of sp³-hybridized carbons (Fsp3) is 0.500. The Kier molecular flexibility index (Phi) is 2.04. The second-order valence-corrected chi connectivity index (χ2v) is 4.48. The van der Waals surface area contributed by atoms with Gasteiger partial charge in [-0.2, -0.15) is 0 Å². The predicted octanol–water partition coefficient (Wildman–Crippen LogP) is 2.32. The molecule has 0 unspecified atom stereocenters. The summed E-state index contributed by atoms with van der Waals surface area (Å²) in [5, 5.41) is 10.0. The monoisotopic (exact) mass is 192 g/mol. The minimum absolute atomic E-state index is 0.134. The summed E-state index contributed by atoms with van der Waals surface area (Å²) in [7, 11) is 0. The number of benzene rings is 1.